The number of methoxy groups -OCH3 is 1. The Morgan fingerprint density at radius 1 is 1.09 bits per heavy atom. The highest BCUT2D eigenvalue weighted by Gasteiger charge is 2.35. The molecule has 1 aromatic rings. The van der Waals surface area contributed by atoms with Gasteiger partial charge in [-0.15, -0.1) is 0 Å². The fraction of sp³-hybridized carbons (Fsp3) is 0.654. The van der Waals surface area contributed by atoms with Crippen LogP contribution in [0, 0.1) is 5.92 Å². The van der Waals surface area contributed by atoms with Gasteiger partial charge in [0.2, 0.25) is 5.91 Å². The number of hydrogen-bond donors (Lipinski definition) is 1. The van der Waals surface area contributed by atoms with Gasteiger partial charge in [0.25, 0.3) is 0 Å². The van der Waals surface area contributed by atoms with Crippen molar-refractivity contribution in [2.75, 3.05) is 14.2 Å². The molecular weight excluding hydrogens is 436 g/mol. The zero-order valence-corrected chi connectivity index (χ0v) is 21.9. The van der Waals surface area contributed by atoms with Crippen molar-refractivity contribution in [1.82, 2.24) is 10.2 Å². The number of esters is 1. The Bertz CT molecular complexity index is 775. The first-order valence-corrected chi connectivity index (χ1v) is 11.9. The molecule has 0 heterocycles. The molecule has 8 heteroatoms. The summed E-state index contributed by atoms with van der Waals surface area (Å²) in [6.45, 7) is 11.3. The number of carbonyl (C=O) groups excluding carboxylic acids is 3. The van der Waals surface area contributed by atoms with E-state index in [9.17, 15) is 14.4 Å². The predicted octanol–water partition coefficient (Wildman–Crippen LogP) is 4.31. The number of nitrogens with one attached hydrogen (secondary N) is 1. The van der Waals surface area contributed by atoms with E-state index in [1.54, 1.807) is 11.9 Å². The van der Waals surface area contributed by atoms with Crippen LogP contribution in [0.4, 0.5) is 4.79 Å². The van der Waals surface area contributed by atoms with Crippen molar-refractivity contribution in [1.29, 1.82) is 0 Å². The molecule has 8 nitrogen and oxygen atoms in total. The molecule has 0 aliphatic carbocycles. The summed E-state index contributed by atoms with van der Waals surface area (Å²) in [6.07, 6.45) is 0.242. The van der Waals surface area contributed by atoms with E-state index in [0.29, 0.717) is 6.42 Å². The van der Waals surface area contributed by atoms with Gasteiger partial charge >= 0.3 is 12.1 Å². The number of rotatable bonds is 12. The van der Waals surface area contributed by atoms with Gasteiger partial charge in [-0.2, -0.15) is 0 Å². The zero-order valence-electron chi connectivity index (χ0n) is 21.9. The Hall–Kier alpha value is -2.61. The molecule has 0 fully saturated rings. The number of hydrogen-bond acceptors (Lipinski definition) is 6. The van der Waals surface area contributed by atoms with E-state index in [0.717, 1.165) is 12.0 Å². The smallest absolute Gasteiger partial charge is 0.408 e. The Balaban J connectivity index is 2.90. The Labute approximate surface area is 204 Å². The minimum Gasteiger partial charge on any atom is -0.460 e. The normalized spacial score (nSPS) is 14.1. The Kier molecular flexibility index (Phi) is 12.1. The van der Waals surface area contributed by atoms with Crippen LogP contribution in [0.1, 0.15) is 66.4 Å². The van der Waals surface area contributed by atoms with Crippen molar-refractivity contribution < 1.29 is 28.6 Å². The van der Waals surface area contributed by atoms with Crippen molar-refractivity contribution in [2.24, 2.45) is 5.92 Å². The SMILES string of the molecule is CCC[C@@H]([C@@H](CC(=O)OC(C)(C)C)OC)N(C)C(=O)[C@@H](NC(=O)OCc1ccccc1)C(C)C. The van der Waals surface area contributed by atoms with E-state index in [4.69, 9.17) is 14.2 Å². The molecule has 192 valence electrons. The van der Waals surface area contributed by atoms with E-state index in [2.05, 4.69) is 5.32 Å². The second-order valence-corrected chi connectivity index (χ2v) is 9.80. The van der Waals surface area contributed by atoms with Gasteiger partial charge in [-0.25, -0.2) is 4.79 Å². The van der Waals surface area contributed by atoms with Crippen LogP contribution in [0.15, 0.2) is 30.3 Å². The van der Waals surface area contributed by atoms with Crippen molar-refractivity contribution in [3.63, 3.8) is 0 Å². The first kappa shape index (κ1) is 29.4. The molecule has 3 atom stereocenters. The molecule has 0 saturated heterocycles. The molecule has 0 aliphatic rings. The maximum Gasteiger partial charge on any atom is 0.408 e. The van der Waals surface area contributed by atoms with Gasteiger partial charge in [0.15, 0.2) is 0 Å². The summed E-state index contributed by atoms with van der Waals surface area (Å²) < 4.78 is 16.4. The molecule has 0 saturated carbocycles. The number of nitrogens with zero attached hydrogens (tertiary/aromatic N) is 1. The molecule has 0 aromatic heterocycles. The number of benzene rings is 1. The lowest BCUT2D eigenvalue weighted by molar-refractivity contribution is -0.160. The van der Waals surface area contributed by atoms with Gasteiger partial charge in [-0.05, 0) is 38.7 Å². The first-order chi connectivity index (χ1) is 15.9. The van der Waals surface area contributed by atoms with Crippen molar-refractivity contribution in [3.8, 4) is 0 Å². The minimum atomic E-state index is -0.785. The van der Waals surface area contributed by atoms with E-state index in [-0.39, 0.29) is 36.9 Å². The van der Waals surface area contributed by atoms with Crippen LogP contribution < -0.4 is 5.32 Å². The van der Waals surface area contributed by atoms with E-state index >= 15 is 0 Å². The maximum atomic E-state index is 13.4. The largest absolute Gasteiger partial charge is 0.460 e. The Morgan fingerprint density at radius 3 is 2.21 bits per heavy atom. The molecular formula is C26H42N2O6. The molecule has 0 aliphatic heterocycles. The summed E-state index contributed by atoms with van der Waals surface area (Å²) in [5.74, 6) is -0.825. The quantitative estimate of drug-likeness (QED) is 0.450. The van der Waals surface area contributed by atoms with Crippen LogP contribution in [-0.2, 0) is 30.4 Å². The summed E-state index contributed by atoms with van der Waals surface area (Å²) in [4.78, 5) is 39.9. The summed E-state index contributed by atoms with van der Waals surface area (Å²) in [5, 5.41) is 2.71. The van der Waals surface area contributed by atoms with Crippen LogP contribution in [0.2, 0.25) is 0 Å². The fourth-order valence-corrected chi connectivity index (χ4v) is 3.64. The second-order valence-electron chi connectivity index (χ2n) is 9.80. The van der Waals surface area contributed by atoms with E-state index in [1.807, 2.05) is 71.9 Å². The van der Waals surface area contributed by atoms with Gasteiger partial charge in [-0.1, -0.05) is 57.5 Å². The van der Waals surface area contributed by atoms with Crippen LogP contribution in [-0.4, -0.2) is 60.8 Å². The number of amides is 2. The summed E-state index contributed by atoms with van der Waals surface area (Å²) in [7, 11) is 3.20. The highest BCUT2D eigenvalue weighted by molar-refractivity contribution is 5.86. The Morgan fingerprint density at radius 2 is 1.71 bits per heavy atom. The van der Waals surface area contributed by atoms with Crippen molar-refractivity contribution >= 4 is 18.0 Å². The van der Waals surface area contributed by atoms with Gasteiger partial charge in [-0.3, -0.25) is 9.59 Å². The van der Waals surface area contributed by atoms with Crippen LogP contribution in [0.3, 0.4) is 0 Å². The lowest BCUT2D eigenvalue weighted by Gasteiger charge is -2.36. The van der Waals surface area contributed by atoms with Crippen molar-refractivity contribution in [3.05, 3.63) is 35.9 Å². The van der Waals surface area contributed by atoms with E-state index < -0.39 is 23.8 Å². The summed E-state index contributed by atoms with van der Waals surface area (Å²) in [6, 6.07) is 8.18. The molecule has 0 spiro atoms. The molecule has 0 bridgehead atoms. The van der Waals surface area contributed by atoms with Gasteiger partial charge in [0, 0.05) is 14.2 Å². The molecule has 1 N–H and O–H groups in total. The average Bonchev–Trinajstić information content (AvgIpc) is 2.76. The van der Waals surface area contributed by atoms with Crippen LogP contribution >= 0.6 is 0 Å². The van der Waals surface area contributed by atoms with Gasteiger partial charge in [0.1, 0.15) is 18.2 Å². The lowest BCUT2D eigenvalue weighted by atomic mass is 9.97. The standard InChI is InChI=1S/C26H42N2O6/c1-9-13-20(21(32-8)16-22(29)34-26(4,5)6)28(7)24(30)23(18(2)3)27-25(31)33-17-19-14-11-10-12-15-19/h10-12,14-15,18,20-21,23H,9,13,16-17H2,1-8H3,(H,27,31)/t20-,21+,23-/m0/s1. The molecule has 1 rings (SSSR count). The summed E-state index contributed by atoms with van der Waals surface area (Å²) in [5.41, 5.74) is 0.250. The highest BCUT2D eigenvalue weighted by Crippen LogP contribution is 2.20. The number of alkyl carbamates (subject to hydrolysis) is 1. The molecule has 2 amide bonds. The van der Waals surface area contributed by atoms with Crippen LogP contribution in [0.5, 0.6) is 0 Å². The predicted molar refractivity (Wildman–Crippen MR) is 131 cm³/mol. The number of ether oxygens (including phenoxy) is 3. The van der Waals surface area contributed by atoms with Gasteiger partial charge < -0.3 is 24.4 Å². The van der Waals surface area contributed by atoms with Gasteiger partial charge in [0.05, 0.1) is 18.6 Å². The molecule has 34 heavy (non-hydrogen) atoms. The van der Waals surface area contributed by atoms with Crippen molar-refractivity contribution in [2.45, 2.75) is 91.2 Å². The maximum absolute atomic E-state index is 13.4. The zero-order chi connectivity index (χ0) is 25.9. The van der Waals surface area contributed by atoms with Crippen LogP contribution in [0.25, 0.3) is 0 Å². The lowest BCUT2D eigenvalue weighted by Crippen LogP contribution is -2.55. The second kappa shape index (κ2) is 13.9. The minimum absolute atomic E-state index is 0.0228. The number of likely N-dealkylation sites (N-methyl/N-ethyl adjacent to an activating group) is 1. The molecule has 0 unspecified atom stereocenters. The first-order valence-electron chi connectivity index (χ1n) is 11.9. The third kappa shape index (κ3) is 10.1. The topological polar surface area (TPSA) is 94.2 Å². The molecule has 0 radical (unpaired) electrons. The number of carbonyl (C=O) groups is 3. The molecule has 1 aromatic carbocycles. The monoisotopic (exact) mass is 478 g/mol. The third-order valence-corrected chi connectivity index (χ3v) is 5.37. The highest BCUT2D eigenvalue weighted by atomic mass is 16.6. The third-order valence-electron chi connectivity index (χ3n) is 5.37. The van der Waals surface area contributed by atoms with E-state index in [1.165, 1.54) is 7.11 Å². The average molecular weight is 479 g/mol. The summed E-state index contributed by atoms with van der Waals surface area (Å²) >= 11 is 0. The fourth-order valence-electron chi connectivity index (χ4n) is 3.64.